The second-order valence-corrected chi connectivity index (χ2v) is 8.59. The van der Waals surface area contributed by atoms with E-state index in [4.69, 9.17) is 20.8 Å². The number of carbonyl (C=O) groups excluding carboxylic acids is 2. The molecule has 3 aromatic rings. The van der Waals surface area contributed by atoms with E-state index in [0.717, 1.165) is 11.8 Å². The molecule has 12 heteroatoms. The summed E-state index contributed by atoms with van der Waals surface area (Å²) in [5.41, 5.74) is 0.838. The molecule has 2 aromatic heterocycles. The Hall–Kier alpha value is -3.15. The number of furan rings is 1. The standard InChI is InChI=1S/C19H19ClN4O6S/c1-24-11-16(9-22-24)31(27,28)23-10-19(26)29-12-18(25)21-8-15-6-7-17(30-15)13-2-4-14(20)5-3-13/h2-7,9,11,23H,8,10,12H2,1H3,(H,21,25). The van der Waals surface area contributed by atoms with E-state index >= 15 is 0 Å². The van der Waals surface area contributed by atoms with Crippen LogP contribution in [0.25, 0.3) is 11.3 Å². The monoisotopic (exact) mass is 466 g/mol. The van der Waals surface area contributed by atoms with E-state index < -0.39 is 35.1 Å². The van der Waals surface area contributed by atoms with Crippen LogP contribution in [0, 0.1) is 0 Å². The average molecular weight is 467 g/mol. The van der Waals surface area contributed by atoms with E-state index in [-0.39, 0.29) is 11.4 Å². The molecule has 0 saturated heterocycles. The van der Waals surface area contributed by atoms with E-state index in [0.29, 0.717) is 16.5 Å². The summed E-state index contributed by atoms with van der Waals surface area (Å²) in [5, 5.41) is 6.91. The number of nitrogens with one attached hydrogen (secondary N) is 2. The fraction of sp³-hybridized carbons (Fsp3) is 0.211. The lowest BCUT2D eigenvalue weighted by Gasteiger charge is -2.07. The fourth-order valence-corrected chi connectivity index (χ4v) is 3.53. The minimum absolute atomic E-state index is 0.0861. The van der Waals surface area contributed by atoms with Crippen molar-refractivity contribution in [2.24, 2.45) is 7.05 Å². The molecule has 0 unspecified atom stereocenters. The Morgan fingerprint density at radius 1 is 1.19 bits per heavy atom. The molecule has 2 heterocycles. The molecule has 2 N–H and O–H groups in total. The SMILES string of the molecule is Cn1cc(S(=O)(=O)NCC(=O)OCC(=O)NCc2ccc(-c3ccc(Cl)cc3)o2)cn1. The molecule has 0 radical (unpaired) electrons. The number of amides is 1. The first kappa shape index (κ1) is 22.5. The van der Waals surface area contributed by atoms with Crippen molar-refractivity contribution in [2.45, 2.75) is 11.4 Å². The molecule has 31 heavy (non-hydrogen) atoms. The summed E-state index contributed by atoms with van der Waals surface area (Å²) in [5.74, 6) is -0.333. The Morgan fingerprint density at radius 3 is 2.61 bits per heavy atom. The quantitative estimate of drug-likeness (QED) is 0.456. The third-order valence-electron chi connectivity index (χ3n) is 4.01. The maximum absolute atomic E-state index is 12.0. The topological polar surface area (TPSA) is 133 Å². The molecule has 1 aromatic carbocycles. The summed E-state index contributed by atoms with van der Waals surface area (Å²) >= 11 is 5.86. The number of sulfonamides is 1. The number of hydrogen-bond donors (Lipinski definition) is 2. The molecule has 0 saturated carbocycles. The normalized spacial score (nSPS) is 11.3. The minimum atomic E-state index is -3.90. The van der Waals surface area contributed by atoms with Gasteiger partial charge < -0.3 is 14.5 Å². The number of hydrogen-bond acceptors (Lipinski definition) is 7. The van der Waals surface area contributed by atoms with Gasteiger partial charge in [0.1, 0.15) is 23.0 Å². The summed E-state index contributed by atoms with van der Waals surface area (Å²) in [4.78, 5) is 23.5. The van der Waals surface area contributed by atoms with Gasteiger partial charge in [-0.3, -0.25) is 14.3 Å². The van der Waals surface area contributed by atoms with Gasteiger partial charge in [-0.1, -0.05) is 11.6 Å². The Bertz CT molecular complexity index is 1170. The molecule has 0 bridgehead atoms. The third kappa shape index (κ3) is 6.41. The summed E-state index contributed by atoms with van der Waals surface area (Å²) in [6, 6.07) is 10.6. The molecule has 0 aliphatic heterocycles. The lowest BCUT2D eigenvalue weighted by molar-refractivity contribution is -0.147. The van der Waals surface area contributed by atoms with Crippen molar-refractivity contribution in [2.75, 3.05) is 13.2 Å². The second kappa shape index (κ2) is 9.77. The maximum atomic E-state index is 12.0. The minimum Gasteiger partial charge on any atom is -0.459 e. The number of halogens is 1. The lowest BCUT2D eigenvalue weighted by atomic mass is 10.2. The lowest BCUT2D eigenvalue weighted by Crippen LogP contribution is -2.33. The summed E-state index contributed by atoms with van der Waals surface area (Å²) in [6.45, 7) is -1.08. The number of ether oxygens (including phenoxy) is 1. The Morgan fingerprint density at radius 2 is 1.94 bits per heavy atom. The highest BCUT2D eigenvalue weighted by Crippen LogP contribution is 2.23. The third-order valence-corrected chi connectivity index (χ3v) is 5.62. The fourth-order valence-electron chi connectivity index (χ4n) is 2.45. The average Bonchev–Trinajstić information content (AvgIpc) is 3.39. The molecule has 3 rings (SSSR count). The van der Waals surface area contributed by atoms with Crippen molar-refractivity contribution in [1.82, 2.24) is 19.8 Å². The second-order valence-electron chi connectivity index (χ2n) is 6.38. The van der Waals surface area contributed by atoms with Crippen LogP contribution in [0.4, 0.5) is 0 Å². The number of benzene rings is 1. The van der Waals surface area contributed by atoms with Crippen molar-refractivity contribution in [3.05, 3.63) is 59.6 Å². The molecule has 1 amide bonds. The van der Waals surface area contributed by atoms with Crippen molar-refractivity contribution in [1.29, 1.82) is 0 Å². The van der Waals surface area contributed by atoms with E-state index in [1.165, 1.54) is 10.9 Å². The number of nitrogens with zero attached hydrogens (tertiary/aromatic N) is 2. The number of aryl methyl sites for hydroxylation is 1. The van der Waals surface area contributed by atoms with Gasteiger partial charge in [-0.2, -0.15) is 9.82 Å². The van der Waals surface area contributed by atoms with Crippen molar-refractivity contribution in [3.8, 4) is 11.3 Å². The zero-order valence-corrected chi connectivity index (χ0v) is 17.9. The van der Waals surface area contributed by atoms with Crippen molar-refractivity contribution >= 4 is 33.5 Å². The Balaban J connectivity index is 1.40. The van der Waals surface area contributed by atoms with Gasteiger partial charge in [0.15, 0.2) is 6.61 Å². The highest BCUT2D eigenvalue weighted by atomic mass is 35.5. The summed E-state index contributed by atoms with van der Waals surface area (Å²) in [6.07, 6.45) is 2.43. The first-order chi connectivity index (χ1) is 14.7. The highest BCUT2D eigenvalue weighted by Gasteiger charge is 2.18. The van der Waals surface area contributed by atoms with E-state index in [1.807, 2.05) is 12.1 Å². The van der Waals surface area contributed by atoms with Crippen LogP contribution in [-0.2, 0) is 37.9 Å². The smallest absolute Gasteiger partial charge is 0.321 e. The molecular weight excluding hydrogens is 448 g/mol. The number of carbonyl (C=O) groups is 2. The van der Waals surface area contributed by atoms with E-state index in [1.54, 1.807) is 31.3 Å². The molecule has 0 aliphatic carbocycles. The first-order valence-electron chi connectivity index (χ1n) is 8.98. The predicted octanol–water partition coefficient (Wildman–Crippen LogP) is 1.47. The predicted molar refractivity (Wildman–Crippen MR) is 110 cm³/mol. The van der Waals surface area contributed by atoms with Crippen LogP contribution in [0.15, 0.2) is 58.1 Å². The van der Waals surface area contributed by atoms with Gasteiger partial charge in [0.2, 0.25) is 10.0 Å². The molecule has 0 aliphatic rings. The van der Waals surface area contributed by atoms with Crippen molar-refractivity contribution in [3.63, 3.8) is 0 Å². The summed E-state index contributed by atoms with van der Waals surface area (Å²) < 4.78 is 37.8. The molecular formula is C19H19ClN4O6S. The van der Waals surface area contributed by atoms with Crippen LogP contribution in [0.1, 0.15) is 5.76 Å². The molecule has 0 fully saturated rings. The zero-order chi connectivity index (χ0) is 22.4. The van der Waals surface area contributed by atoms with Crippen LogP contribution in [0.2, 0.25) is 5.02 Å². The van der Waals surface area contributed by atoms with Gasteiger partial charge in [0.25, 0.3) is 5.91 Å². The molecule has 0 spiro atoms. The highest BCUT2D eigenvalue weighted by molar-refractivity contribution is 7.89. The zero-order valence-electron chi connectivity index (χ0n) is 16.4. The van der Waals surface area contributed by atoms with Crippen LogP contribution in [0.5, 0.6) is 0 Å². The number of aromatic nitrogens is 2. The number of rotatable bonds is 9. The van der Waals surface area contributed by atoms with Crippen LogP contribution in [-0.4, -0.2) is 43.2 Å². The van der Waals surface area contributed by atoms with Crippen LogP contribution >= 0.6 is 11.6 Å². The van der Waals surface area contributed by atoms with Crippen molar-refractivity contribution < 1.29 is 27.2 Å². The Labute approximate surface area is 183 Å². The van der Waals surface area contributed by atoms with Crippen LogP contribution < -0.4 is 10.0 Å². The van der Waals surface area contributed by atoms with Gasteiger partial charge in [0.05, 0.1) is 12.7 Å². The van der Waals surface area contributed by atoms with Gasteiger partial charge in [-0.05, 0) is 36.4 Å². The van der Waals surface area contributed by atoms with Gasteiger partial charge >= 0.3 is 5.97 Å². The molecule has 10 nitrogen and oxygen atoms in total. The van der Waals surface area contributed by atoms with Crippen LogP contribution in [0.3, 0.4) is 0 Å². The first-order valence-corrected chi connectivity index (χ1v) is 10.8. The maximum Gasteiger partial charge on any atom is 0.321 e. The summed E-state index contributed by atoms with van der Waals surface area (Å²) in [7, 11) is -2.33. The van der Waals surface area contributed by atoms with E-state index in [9.17, 15) is 18.0 Å². The molecule has 0 atom stereocenters. The number of esters is 1. The van der Waals surface area contributed by atoms with Gasteiger partial charge in [-0.25, -0.2) is 8.42 Å². The largest absolute Gasteiger partial charge is 0.459 e. The molecule has 164 valence electrons. The Kier molecular flexibility index (Phi) is 7.10. The van der Waals surface area contributed by atoms with Gasteiger partial charge in [0, 0.05) is 23.8 Å². The van der Waals surface area contributed by atoms with E-state index in [2.05, 4.69) is 15.1 Å². The van der Waals surface area contributed by atoms with Gasteiger partial charge in [-0.15, -0.1) is 0 Å².